The number of hydrogen-bond donors (Lipinski definition) is 0. The lowest BCUT2D eigenvalue weighted by Crippen LogP contribution is -2.27. The Morgan fingerprint density at radius 3 is 2.02 bits per heavy atom. The van der Waals surface area contributed by atoms with Gasteiger partial charge in [0.1, 0.15) is 17.3 Å². The molecule has 3 heterocycles. The van der Waals surface area contributed by atoms with Gasteiger partial charge in [0.05, 0.1) is 17.7 Å². The maximum Gasteiger partial charge on any atom is 0.137 e. The average molecular weight is 649 g/mol. The number of para-hydroxylation sites is 2. The summed E-state index contributed by atoms with van der Waals surface area (Å²) in [6.07, 6.45) is 6.28. The molecule has 49 heavy (non-hydrogen) atoms. The largest absolute Gasteiger partial charge is 0.457 e. The molecule has 1 aliphatic heterocycles. The number of benzene rings is 4. The Morgan fingerprint density at radius 1 is 0.571 bits per heavy atom. The van der Waals surface area contributed by atoms with Crippen LogP contribution in [0.2, 0.25) is 0 Å². The van der Waals surface area contributed by atoms with Gasteiger partial charge < -0.3 is 14.5 Å². The maximum atomic E-state index is 6.76. The Bertz CT molecular complexity index is 2200. The van der Waals surface area contributed by atoms with Crippen LogP contribution in [-0.2, 0) is 16.2 Å². The molecule has 5 nitrogen and oxygen atoms in total. The summed E-state index contributed by atoms with van der Waals surface area (Å²) < 4.78 is 9.03. The van der Waals surface area contributed by atoms with Crippen LogP contribution in [-0.4, -0.2) is 16.2 Å². The van der Waals surface area contributed by atoms with Crippen molar-refractivity contribution < 1.29 is 4.74 Å². The minimum Gasteiger partial charge on any atom is -0.457 e. The van der Waals surface area contributed by atoms with Crippen molar-refractivity contribution in [3.8, 4) is 17.3 Å². The molecule has 6 aromatic rings. The summed E-state index contributed by atoms with van der Waals surface area (Å²) in [5.41, 5.74) is 8.35. The van der Waals surface area contributed by atoms with Gasteiger partial charge in [0, 0.05) is 52.9 Å². The predicted octanol–water partition coefficient (Wildman–Crippen LogP) is 11.6. The topological polar surface area (TPSA) is 33.5 Å². The van der Waals surface area contributed by atoms with Gasteiger partial charge in [-0.15, -0.1) is 0 Å². The van der Waals surface area contributed by atoms with E-state index >= 15 is 0 Å². The van der Waals surface area contributed by atoms with Crippen LogP contribution < -0.4 is 14.5 Å². The second kappa shape index (κ2) is 11.8. The normalized spacial score (nSPS) is 14.0. The fourth-order valence-electron chi connectivity index (χ4n) is 6.75. The highest BCUT2D eigenvalue weighted by Crippen LogP contribution is 2.39. The molecule has 0 saturated heterocycles. The molecule has 250 valence electrons. The first-order valence-corrected chi connectivity index (χ1v) is 17.3. The van der Waals surface area contributed by atoms with Crippen LogP contribution in [0.3, 0.4) is 0 Å². The zero-order chi connectivity index (χ0) is 34.7. The van der Waals surface area contributed by atoms with E-state index in [0.717, 1.165) is 40.7 Å². The molecule has 0 amide bonds. The van der Waals surface area contributed by atoms with E-state index in [1.165, 1.54) is 33.2 Å². The minimum atomic E-state index is -0.0593. The fraction of sp³-hybridized carbons (Fsp3) is 0.295. The van der Waals surface area contributed by atoms with Crippen LogP contribution in [0.15, 0.2) is 116 Å². The van der Waals surface area contributed by atoms with Crippen LogP contribution in [0, 0.1) is 0 Å². The Balaban J connectivity index is 1.27. The third kappa shape index (κ3) is 6.30. The highest BCUT2D eigenvalue weighted by molar-refractivity contribution is 6.09. The molecule has 0 aliphatic carbocycles. The second-order valence-electron chi connectivity index (χ2n) is 16.4. The third-order valence-corrected chi connectivity index (χ3v) is 9.56. The summed E-state index contributed by atoms with van der Waals surface area (Å²) in [4.78, 5) is 9.49. The molecule has 0 spiro atoms. The summed E-state index contributed by atoms with van der Waals surface area (Å²) in [5.74, 6) is 2.52. The average Bonchev–Trinajstić information content (AvgIpc) is 3.67. The van der Waals surface area contributed by atoms with Crippen molar-refractivity contribution in [2.24, 2.45) is 0 Å². The van der Waals surface area contributed by atoms with E-state index in [-0.39, 0.29) is 16.2 Å². The van der Waals surface area contributed by atoms with Gasteiger partial charge in [0.25, 0.3) is 0 Å². The third-order valence-electron chi connectivity index (χ3n) is 9.56. The molecule has 1 aliphatic rings. The number of pyridine rings is 1. The summed E-state index contributed by atoms with van der Waals surface area (Å²) in [6.45, 7) is 21.0. The smallest absolute Gasteiger partial charge is 0.137 e. The molecular weight excluding hydrogens is 601 g/mol. The van der Waals surface area contributed by atoms with Crippen molar-refractivity contribution in [1.82, 2.24) is 9.55 Å². The van der Waals surface area contributed by atoms with Crippen molar-refractivity contribution in [2.75, 3.05) is 16.5 Å². The van der Waals surface area contributed by atoms with Crippen LogP contribution in [0.25, 0.3) is 27.6 Å². The van der Waals surface area contributed by atoms with Gasteiger partial charge in [-0.25, -0.2) is 4.98 Å². The van der Waals surface area contributed by atoms with Gasteiger partial charge in [0.2, 0.25) is 0 Å². The summed E-state index contributed by atoms with van der Waals surface area (Å²) in [6, 6.07) is 34.7. The van der Waals surface area contributed by atoms with E-state index in [2.05, 4.69) is 186 Å². The Morgan fingerprint density at radius 2 is 1.27 bits per heavy atom. The number of anilines is 2. The molecule has 0 radical (unpaired) electrons. The van der Waals surface area contributed by atoms with Gasteiger partial charge >= 0.3 is 0 Å². The number of ether oxygens (including phenoxy) is 1. The Labute approximate surface area is 291 Å². The molecular formula is C44H48N4O. The van der Waals surface area contributed by atoms with Gasteiger partial charge in [-0.2, -0.15) is 0 Å². The van der Waals surface area contributed by atoms with E-state index in [1.807, 2.05) is 6.20 Å². The van der Waals surface area contributed by atoms with Crippen LogP contribution in [0.4, 0.5) is 11.4 Å². The van der Waals surface area contributed by atoms with E-state index in [0.29, 0.717) is 0 Å². The Kier molecular flexibility index (Phi) is 7.85. The summed E-state index contributed by atoms with van der Waals surface area (Å²) in [5, 5.41) is 2.37. The van der Waals surface area contributed by atoms with Crippen molar-refractivity contribution in [1.29, 1.82) is 0 Å². The number of hydrogen-bond acceptors (Lipinski definition) is 4. The van der Waals surface area contributed by atoms with Crippen molar-refractivity contribution in [2.45, 2.75) is 78.6 Å². The van der Waals surface area contributed by atoms with Crippen LogP contribution in [0.5, 0.6) is 11.5 Å². The minimum absolute atomic E-state index is 0.0119. The first-order chi connectivity index (χ1) is 23.2. The molecule has 0 fully saturated rings. The zero-order valence-electron chi connectivity index (χ0n) is 30.4. The Hall–Kier alpha value is -5.03. The fourth-order valence-corrected chi connectivity index (χ4v) is 6.75. The van der Waals surface area contributed by atoms with Crippen molar-refractivity contribution in [3.05, 3.63) is 132 Å². The first-order valence-electron chi connectivity index (χ1n) is 17.3. The molecule has 0 bridgehead atoms. The lowest BCUT2D eigenvalue weighted by molar-refractivity contribution is 0.479. The molecule has 4 aromatic carbocycles. The lowest BCUT2D eigenvalue weighted by Gasteiger charge is -2.29. The van der Waals surface area contributed by atoms with Gasteiger partial charge in [-0.3, -0.25) is 4.57 Å². The number of nitrogens with zero attached hydrogens (tertiary/aromatic N) is 4. The number of fused-ring (bicyclic) bond motifs is 3. The van der Waals surface area contributed by atoms with E-state index < -0.39 is 0 Å². The highest BCUT2D eigenvalue weighted by Gasteiger charge is 2.25. The van der Waals surface area contributed by atoms with E-state index in [9.17, 15) is 0 Å². The van der Waals surface area contributed by atoms with Crippen LogP contribution in [0.1, 0.15) is 79.0 Å². The van der Waals surface area contributed by atoms with Crippen molar-refractivity contribution in [3.63, 3.8) is 0 Å². The lowest BCUT2D eigenvalue weighted by atomic mass is 9.85. The van der Waals surface area contributed by atoms with Gasteiger partial charge in [-0.1, -0.05) is 98.7 Å². The monoisotopic (exact) mass is 648 g/mol. The molecule has 0 atom stereocenters. The number of rotatable bonds is 5. The highest BCUT2D eigenvalue weighted by atomic mass is 16.5. The van der Waals surface area contributed by atoms with Gasteiger partial charge in [-0.05, 0) is 81.5 Å². The standard InChI is InChI=1S/C44H48N4O/c1-42(2,3)30-20-21-45-41(26-30)48-38-16-12-10-14-35(38)36-19-18-33(28-40(36)48)49-34-25-31(43(4,5)6)24-32(27-34)46-22-23-47(29-46)39-17-13-11-15-37(39)44(7,8)9/h10-28H,29H2,1-9H3. The quantitative estimate of drug-likeness (QED) is 0.186. The second-order valence-corrected chi connectivity index (χ2v) is 16.4. The maximum absolute atomic E-state index is 6.76. The van der Waals surface area contributed by atoms with Crippen LogP contribution >= 0.6 is 0 Å². The first kappa shape index (κ1) is 32.5. The molecule has 2 aromatic heterocycles. The predicted molar refractivity (Wildman–Crippen MR) is 207 cm³/mol. The van der Waals surface area contributed by atoms with E-state index in [1.54, 1.807) is 0 Å². The summed E-state index contributed by atoms with van der Waals surface area (Å²) >= 11 is 0. The van der Waals surface area contributed by atoms with Gasteiger partial charge in [0.15, 0.2) is 0 Å². The molecule has 0 N–H and O–H groups in total. The molecule has 7 rings (SSSR count). The summed E-state index contributed by atoms with van der Waals surface area (Å²) in [7, 11) is 0. The zero-order valence-corrected chi connectivity index (χ0v) is 30.4. The molecule has 5 heteroatoms. The number of aromatic nitrogens is 2. The molecule has 0 saturated carbocycles. The van der Waals surface area contributed by atoms with E-state index in [4.69, 9.17) is 9.72 Å². The van der Waals surface area contributed by atoms with Crippen molar-refractivity contribution >= 4 is 33.2 Å². The molecule has 0 unspecified atom stereocenters. The SMILES string of the molecule is CC(C)(C)c1cc(Oc2ccc3c4ccccc4n(-c4cc(C(C)(C)C)ccn4)c3c2)cc(N2C=CN(c3ccccc3C(C)(C)C)C2)c1.